The molecule has 2 heteroatoms. The van der Waals surface area contributed by atoms with E-state index in [1.54, 1.807) is 7.11 Å². The maximum atomic E-state index is 6.64. The van der Waals surface area contributed by atoms with Crippen molar-refractivity contribution in [3.05, 3.63) is 42.0 Å². The van der Waals surface area contributed by atoms with Crippen LogP contribution in [-0.4, -0.2) is 7.11 Å². The Hall–Kier alpha value is -1.54. The summed E-state index contributed by atoms with van der Waals surface area (Å²) in [4.78, 5) is 0. The van der Waals surface area contributed by atoms with Gasteiger partial charge in [0.05, 0.1) is 7.11 Å². The van der Waals surface area contributed by atoms with Crippen molar-refractivity contribution in [2.75, 3.05) is 7.11 Å². The van der Waals surface area contributed by atoms with Crippen LogP contribution < -0.4 is 10.5 Å². The Bertz CT molecular complexity index is 570. The molecule has 1 fully saturated rings. The van der Waals surface area contributed by atoms with E-state index >= 15 is 0 Å². The molecule has 0 heterocycles. The van der Waals surface area contributed by atoms with Crippen molar-refractivity contribution in [2.24, 2.45) is 5.73 Å². The second-order valence-corrected chi connectivity index (χ2v) is 5.23. The predicted octanol–water partition coefficient (Wildman–Crippen LogP) is 3.58. The zero-order chi connectivity index (χ0) is 12.6. The third kappa shape index (κ3) is 1.68. The van der Waals surface area contributed by atoms with Gasteiger partial charge < -0.3 is 10.5 Å². The van der Waals surface area contributed by atoms with Crippen LogP contribution in [0, 0.1) is 0 Å². The standard InChI is InChI=1S/C16H19NO/c1-18-14-9-8-12-6-2-3-7-13(12)15(14)16(17)10-4-5-11-16/h2-3,6-9H,4-5,10-11,17H2,1H3. The van der Waals surface area contributed by atoms with Crippen molar-refractivity contribution < 1.29 is 4.74 Å². The third-order valence-corrected chi connectivity index (χ3v) is 4.10. The molecule has 0 bridgehead atoms. The molecule has 2 aromatic carbocycles. The van der Waals surface area contributed by atoms with Crippen LogP contribution in [0.5, 0.6) is 5.75 Å². The highest BCUT2D eigenvalue weighted by Gasteiger charge is 2.35. The normalized spacial score (nSPS) is 18.1. The van der Waals surface area contributed by atoms with Crippen LogP contribution in [0.2, 0.25) is 0 Å². The van der Waals surface area contributed by atoms with E-state index in [1.165, 1.54) is 29.2 Å². The predicted molar refractivity (Wildman–Crippen MR) is 74.8 cm³/mol. The third-order valence-electron chi connectivity index (χ3n) is 4.10. The van der Waals surface area contributed by atoms with Crippen molar-refractivity contribution in [1.29, 1.82) is 0 Å². The summed E-state index contributed by atoms with van der Waals surface area (Å²) in [5.41, 5.74) is 7.62. The number of rotatable bonds is 2. The number of hydrogen-bond donors (Lipinski definition) is 1. The fourth-order valence-electron chi connectivity index (χ4n) is 3.19. The molecular weight excluding hydrogens is 222 g/mol. The summed E-state index contributed by atoms with van der Waals surface area (Å²) in [6.45, 7) is 0. The molecule has 0 spiro atoms. The molecule has 0 aliphatic heterocycles. The minimum atomic E-state index is -0.216. The number of methoxy groups -OCH3 is 1. The van der Waals surface area contributed by atoms with Crippen LogP contribution in [0.1, 0.15) is 31.2 Å². The van der Waals surface area contributed by atoms with E-state index in [-0.39, 0.29) is 5.54 Å². The van der Waals surface area contributed by atoms with Crippen LogP contribution in [-0.2, 0) is 5.54 Å². The van der Waals surface area contributed by atoms with Gasteiger partial charge in [0.25, 0.3) is 0 Å². The van der Waals surface area contributed by atoms with E-state index in [0.29, 0.717) is 0 Å². The topological polar surface area (TPSA) is 35.2 Å². The minimum Gasteiger partial charge on any atom is -0.496 e. The Morgan fingerprint density at radius 1 is 1.06 bits per heavy atom. The molecule has 0 unspecified atom stereocenters. The Balaban J connectivity index is 2.30. The summed E-state index contributed by atoms with van der Waals surface area (Å²) >= 11 is 0. The summed E-state index contributed by atoms with van der Waals surface area (Å²) in [6, 6.07) is 12.6. The molecule has 1 aliphatic rings. The number of fused-ring (bicyclic) bond motifs is 1. The maximum absolute atomic E-state index is 6.64. The largest absolute Gasteiger partial charge is 0.496 e. The van der Waals surface area contributed by atoms with Gasteiger partial charge >= 0.3 is 0 Å². The van der Waals surface area contributed by atoms with E-state index in [9.17, 15) is 0 Å². The fourth-order valence-corrected chi connectivity index (χ4v) is 3.19. The smallest absolute Gasteiger partial charge is 0.124 e. The average molecular weight is 241 g/mol. The molecule has 0 aromatic heterocycles. The fraction of sp³-hybridized carbons (Fsp3) is 0.375. The van der Waals surface area contributed by atoms with Crippen LogP contribution in [0.4, 0.5) is 0 Å². The number of nitrogens with two attached hydrogens (primary N) is 1. The Morgan fingerprint density at radius 3 is 2.50 bits per heavy atom. The first-order valence-corrected chi connectivity index (χ1v) is 6.60. The van der Waals surface area contributed by atoms with Gasteiger partial charge in [-0.15, -0.1) is 0 Å². The highest BCUT2D eigenvalue weighted by molar-refractivity contribution is 5.88. The molecule has 3 rings (SSSR count). The quantitative estimate of drug-likeness (QED) is 0.872. The van der Waals surface area contributed by atoms with Gasteiger partial charge in [-0.1, -0.05) is 43.2 Å². The van der Waals surface area contributed by atoms with Gasteiger partial charge in [0, 0.05) is 11.1 Å². The van der Waals surface area contributed by atoms with Crippen molar-refractivity contribution in [2.45, 2.75) is 31.2 Å². The van der Waals surface area contributed by atoms with Crippen molar-refractivity contribution in [1.82, 2.24) is 0 Å². The van der Waals surface area contributed by atoms with Gasteiger partial charge in [-0.05, 0) is 29.7 Å². The van der Waals surface area contributed by atoms with Crippen LogP contribution in [0.15, 0.2) is 36.4 Å². The van der Waals surface area contributed by atoms with Gasteiger partial charge in [-0.2, -0.15) is 0 Å². The summed E-state index contributed by atoms with van der Waals surface area (Å²) in [6.07, 6.45) is 4.53. The molecule has 0 saturated heterocycles. The molecule has 1 aliphatic carbocycles. The zero-order valence-corrected chi connectivity index (χ0v) is 10.8. The molecule has 2 nitrogen and oxygen atoms in total. The molecule has 2 N–H and O–H groups in total. The first-order chi connectivity index (χ1) is 8.74. The van der Waals surface area contributed by atoms with Gasteiger partial charge in [-0.25, -0.2) is 0 Å². The van der Waals surface area contributed by atoms with E-state index < -0.39 is 0 Å². The summed E-state index contributed by atoms with van der Waals surface area (Å²) in [5, 5.41) is 2.48. The van der Waals surface area contributed by atoms with Crippen LogP contribution >= 0.6 is 0 Å². The Kier molecular flexibility index (Phi) is 2.75. The Morgan fingerprint density at radius 2 is 1.78 bits per heavy atom. The first kappa shape index (κ1) is 11.5. The zero-order valence-electron chi connectivity index (χ0n) is 10.8. The average Bonchev–Trinajstić information content (AvgIpc) is 2.85. The second kappa shape index (κ2) is 4.29. The highest BCUT2D eigenvalue weighted by atomic mass is 16.5. The van der Waals surface area contributed by atoms with Gasteiger partial charge in [0.15, 0.2) is 0 Å². The molecule has 0 amide bonds. The van der Waals surface area contributed by atoms with Gasteiger partial charge in [0.1, 0.15) is 5.75 Å². The molecule has 94 valence electrons. The molecule has 0 radical (unpaired) electrons. The van der Waals surface area contributed by atoms with Crippen LogP contribution in [0.3, 0.4) is 0 Å². The van der Waals surface area contributed by atoms with E-state index in [1.807, 2.05) is 6.07 Å². The molecule has 0 atom stereocenters. The van der Waals surface area contributed by atoms with E-state index in [4.69, 9.17) is 10.5 Å². The number of benzene rings is 2. The lowest BCUT2D eigenvalue weighted by atomic mass is 9.85. The number of hydrogen-bond acceptors (Lipinski definition) is 2. The lowest BCUT2D eigenvalue weighted by Crippen LogP contribution is -2.33. The highest BCUT2D eigenvalue weighted by Crippen LogP contribution is 2.43. The maximum Gasteiger partial charge on any atom is 0.124 e. The second-order valence-electron chi connectivity index (χ2n) is 5.23. The lowest BCUT2D eigenvalue weighted by molar-refractivity contribution is 0.382. The van der Waals surface area contributed by atoms with Crippen molar-refractivity contribution in [3.63, 3.8) is 0 Å². The van der Waals surface area contributed by atoms with E-state index in [0.717, 1.165) is 18.6 Å². The van der Waals surface area contributed by atoms with Crippen LogP contribution in [0.25, 0.3) is 10.8 Å². The monoisotopic (exact) mass is 241 g/mol. The lowest BCUT2D eigenvalue weighted by Gasteiger charge is -2.28. The summed E-state index contributed by atoms with van der Waals surface area (Å²) in [7, 11) is 1.73. The first-order valence-electron chi connectivity index (χ1n) is 6.60. The molecule has 1 saturated carbocycles. The summed E-state index contributed by atoms with van der Waals surface area (Å²) in [5.74, 6) is 0.929. The Labute approximate surface area is 108 Å². The van der Waals surface area contributed by atoms with Crippen molar-refractivity contribution in [3.8, 4) is 5.75 Å². The number of ether oxygens (including phenoxy) is 1. The summed E-state index contributed by atoms with van der Waals surface area (Å²) < 4.78 is 5.55. The van der Waals surface area contributed by atoms with Crippen molar-refractivity contribution >= 4 is 10.8 Å². The SMILES string of the molecule is COc1ccc2ccccc2c1C1(N)CCCC1. The van der Waals surface area contributed by atoms with Gasteiger partial charge in [0.2, 0.25) is 0 Å². The minimum absolute atomic E-state index is 0.216. The molecule has 18 heavy (non-hydrogen) atoms. The molecular formula is C16H19NO. The van der Waals surface area contributed by atoms with E-state index in [2.05, 4.69) is 30.3 Å². The van der Waals surface area contributed by atoms with Gasteiger partial charge in [-0.3, -0.25) is 0 Å². The molecule has 2 aromatic rings.